The Morgan fingerprint density at radius 1 is 1.17 bits per heavy atom. The Hall–Kier alpha value is -4.06. The van der Waals surface area contributed by atoms with Gasteiger partial charge in [-0.3, -0.25) is 9.88 Å². The summed E-state index contributed by atoms with van der Waals surface area (Å²) in [6, 6.07) is 6.48. The number of anilines is 3. The Kier molecular flexibility index (Phi) is 11.0. The number of hydrogen-bond acceptors (Lipinski definition) is 10. The van der Waals surface area contributed by atoms with Gasteiger partial charge >= 0.3 is 5.97 Å². The number of halogens is 1. The van der Waals surface area contributed by atoms with Crippen molar-refractivity contribution in [3.05, 3.63) is 60.1 Å². The minimum absolute atomic E-state index is 0.326. The van der Waals surface area contributed by atoms with E-state index in [1.165, 1.54) is 24.2 Å². The van der Waals surface area contributed by atoms with Crippen molar-refractivity contribution in [1.82, 2.24) is 24.8 Å². The van der Waals surface area contributed by atoms with Gasteiger partial charge in [-0.25, -0.2) is 24.1 Å². The predicted molar refractivity (Wildman–Crippen MR) is 156 cm³/mol. The Morgan fingerprint density at radius 2 is 2.05 bits per heavy atom. The molecule has 0 fully saturated rings. The number of carboxylic acid groups (broad SMARTS) is 1. The number of aliphatic carboxylic acids is 1. The van der Waals surface area contributed by atoms with Crippen LogP contribution in [0, 0.1) is 5.82 Å². The molecule has 3 aromatic rings. The van der Waals surface area contributed by atoms with E-state index in [1.807, 2.05) is 19.0 Å². The van der Waals surface area contributed by atoms with Crippen LogP contribution in [-0.4, -0.2) is 88.8 Å². The van der Waals surface area contributed by atoms with Crippen LogP contribution in [0.5, 0.6) is 5.75 Å². The Balaban J connectivity index is 1.32. The van der Waals surface area contributed by atoms with Crippen LogP contribution in [0.1, 0.15) is 36.9 Å². The molecule has 41 heavy (non-hydrogen) atoms. The second kappa shape index (κ2) is 15.1. The molecule has 0 aliphatic carbocycles. The lowest BCUT2D eigenvalue weighted by atomic mass is 10.1. The highest BCUT2D eigenvalue weighted by Crippen LogP contribution is 2.20. The van der Waals surface area contributed by atoms with E-state index in [1.54, 1.807) is 6.07 Å². The standard InChI is InChI=1S/C29H39FN8O3/c1-37(2)27-17-26(33-20-34-27)36-25(29(39)40)10-13-38(14-15-41-24-16-22(30)18-31-19-24)12-4-3-7-23-9-8-21-6-5-11-32-28(21)35-23/h8-9,16-20,25H,3-7,10-15H2,1-2H3,(H,32,35)(H,39,40)(H,33,34,36)/t25-/m0/s1. The second-order valence-electron chi connectivity index (χ2n) is 10.3. The number of fused-ring (bicyclic) bond motifs is 1. The predicted octanol–water partition coefficient (Wildman–Crippen LogP) is 3.49. The average molecular weight is 567 g/mol. The summed E-state index contributed by atoms with van der Waals surface area (Å²) in [6.45, 7) is 3.14. The minimum atomic E-state index is -0.954. The fourth-order valence-corrected chi connectivity index (χ4v) is 4.67. The van der Waals surface area contributed by atoms with E-state index in [9.17, 15) is 14.3 Å². The summed E-state index contributed by atoms with van der Waals surface area (Å²) in [7, 11) is 3.72. The van der Waals surface area contributed by atoms with Crippen LogP contribution in [0.4, 0.5) is 21.8 Å². The summed E-state index contributed by atoms with van der Waals surface area (Å²) >= 11 is 0. The van der Waals surface area contributed by atoms with E-state index >= 15 is 0 Å². The minimum Gasteiger partial charge on any atom is -0.491 e. The molecule has 4 heterocycles. The van der Waals surface area contributed by atoms with E-state index < -0.39 is 17.8 Å². The molecule has 220 valence electrons. The molecule has 3 aromatic heterocycles. The van der Waals surface area contributed by atoms with Crippen LogP contribution in [-0.2, 0) is 17.6 Å². The number of unbranched alkanes of at least 4 members (excludes halogenated alkanes) is 1. The highest BCUT2D eigenvalue weighted by Gasteiger charge is 2.20. The molecular weight excluding hydrogens is 527 g/mol. The van der Waals surface area contributed by atoms with Crippen LogP contribution in [0.15, 0.2) is 43.0 Å². The van der Waals surface area contributed by atoms with Crippen molar-refractivity contribution in [3.8, 4) is 5.75 Å². The number of carbonyl (C=O) groups is 1. The lowest BCUT2D eigenvalue weighted by Crippen LogP contribution is -2.37. The smallest absolute Gasteiger partial charge is 0.326 e. The summed E-state index contributed by atoms with van der Waals surface area (Å²) < 4.78 is 19.2. The maximum atomic E-state index is 13.5. The molecule has 0 saturated carbocycles. The van der Waals surface area contributed by atoms with Gasteiger partial charge in [-0.05, 0) is 56.7 Å². The van der Waals surface area contributed by atoms with Gasteiger partial charge in [0.25, 0.3) is 0 Å². The third kappa shape index (κ3) is 9.52. The van der Waals surface area contributed by atoms with E-state index in [2.05, 4.69) is 42.6 Å². The molecule has 0 amide bonds. The third-order valence-electron chi connectivity index (χ3n) is 6.93. The van der Waals surface area contributed by atoms with E-state index in [4.69, 9.17) is 9.72 Å². The van der Waals surface area contributed by atoms with Crippen molar-refractivity contribution < 1.29 is 19.0 Å². The number of nitrogens with zero attached hydrogens (tertiary/aromatic N) is 6. The molecular formula is C29H39FN8O3. The van der Waals surface area contributed by atoms with E-state index in [-0.39, 0.29) is 0 Å². The van der Waals surface area contributed by atoms with Crippen molar-refractivity contribution in [1.29, 1.82) is 0 Å². The topological polar surface area (TPSA) is 129 Å². The lowest BCUT2D eigenvalue weighted by molar-refractivity contribution is -0.138. The normalized spacial score (nSPS) is 13.3. The number of ether oxygens (including phenoxy) is 1. The average Bonchev–Trinajstić information content (AvgIpc) is 2.97. The van der Waals surface area contributed by atoms with Gasteiger partial charge in [0.15, 0.2) is 0 Å². The molecule has 12 heteroatoms. The molecule has 0 aromatic carbocycles. The molecule has 11 nitrogen and oxygen atoms in total. The van der Waals surface area contributed by atoms with Gasteiger partial charge in [0.2, 0.25) is 0 Å². The van der Waals surface area contributed by atoms with Crippen LogP contribution >= 0.6 is 0 Å². The molecule has 0 bridgehead atoms. The van der Waals surface area contributed by atoms with E-state index in [0.717, 1.165) is 62.9 Å². The van der Waals surface area contributed by atoms with Gasteiger partial charge in [-0.15, -0.1) is 0 Å². The van der Waals surface area contributed by atoms with Crippen LogP contribution in [0.25, 0.3) is 0 Å². The molecule has 1 aliphatic heterocycles. The first-order chi connectivity index (χ1) is 19.9. The summed E-state index contributed by atoms with van der Waals surface area (Å²) in [4.78, 5) is 33.1. The largest absolute Gasteiger partial charge is 0.491 e. The van der Waals surface area contributed by atoms with Crippen molar-refractivity contribution in [2.24, 2.45) is 0 Å². The van der Waals surface area contributed by atoms with Gasteiger partial charge in [0, 0.05) is 51.6 Å². The SMILES string of the molecule is CN(C)c1cc(N[C@@H](CCN(CCCCc2ccc3c(n2)NCCC3)CCOc2cncc(F)c2)C(=O)O)ncn1. The van der Waals surface area contributed by atoms with Gasteiger partial charge in [0.1, 0.15) is 48.0 Å². The number of nitrogens with one attached hydrogen (secondary N) is 2. The molecule has 4 rings (SSSR count). The lowest BCUT2D eigenvalue weighted by Gasteiger charge is -2.25. The van der Waals surface area contributed by atoms with Crippen molar-refractivity contribution in [2.45, 2.75) is 44.6 Å². The van der Waals surface area contributed by atoms with Crippen molar-refractivity contribution in [3.63, 3.8) is 0 Å². The molecule has 0 unspecified atom stereocenters. The number of aryl methyl sites for hydroxylation is 2. The second-order valence-corrected chi connectivity index (χ2v) is 10.3. The van der Waals surface area contributed by atoms with E-state index in [0.29, 0.717) is 43.5 Å². The number of pyridine rings is 2. The first kappa shape index (κ1) is 29.9. The van der Waals surface area contributed by atoms with Crippen LogP contribution < -0.4 is 20.3 Å². The Morgan fingerprint density at radius 3 is 2.85 bits per heavy atom. The molecule has 3 N–H and O–H groups in total. The highest BCUT2D eigenvalue weighted by molar-refractivity contribution is 5.77. The number of aromatic nitrogens is 4. The molecule has 0 radical (unpaired) electrons. The summed E-state index contributed by atoms with van der Waals surface area (Å²) in [5.74, 6) is 1.10. The molecule has 0 saturated heterocycles. The third-order valence-corrected chi connectivity index (χ3v) is 6.93. The van der Waals surface area contributed by atoms with Gasteiger partial charge in [-0.1, -0.05) is 6.07 Å². The Labute approximate surface area is 240 Å². The van der Waals surface area contributed by atoms with Gasteiger partial charge in [0.05, 0.1) is 12.4 Å². The maximum absolute atomic E-state index is 13.5. The first-order valence-corrected chi connectivity index (χ1v) is 14.0. The molecule has 1 atom stereocenters. The highest BCUT2D eigenvalue weighted by atomic mass is 19.1. The first-order valence-electron chi connectivity index (χ1n) is 14.0. The monoisotopic (exact) mass is 566 g/mol. The van der Waals surface area contributed by atoms with Crippen LogP contribution in [0.3, 0.4) is 0 Å². The van der Waals surface area contributed by atoms with Gasteiger partial charge < -0.3 is 25.4 Å². The molecule has 1 aliphatic rings. The fourth-order valence-electron chi connectivity index (χ4n) is 4.67. The molecule has 0 spiro atoms. The van der Waals surface area contributed by atoms with Gasteiger partial charge in [-0.2, -0.15) is 0 Å². The zero-order valence-electron chi connectivity index (χ0n) is 23.7. The number of rotatable bonds is 16. The summed E-state index contributed by atoms with van der Waals surface area (Å²) in [5.41, 5.74) is 2.35. The zero-order valence-corrected chi connectivity index (χ0v) is 23.7. The fraction of sp³-hybridized carbons (Fsp3) is 0.483. The van der Waals surface area contributed by atoms with Crippen molar-refractivity contribution >= 4 is 23.4 Å². The zero-order chi connectivity index (χ0) is 29.0. The number of hydrogen-bond donors (Lipinski definition) is 3. The number of carboxylic acids is 1. The quantitative estimate of drug-likeness (QED) is 0.220. The maximum Gasteiger partial charge on any atom is 0.326 e. The summed E-state index contributed by atoms with van der Waals surface area (Å²) in [6.07, 6.45) is 9.31. The summed E-state index contributed by atoms with van der Waals surface area (Å²) in [5, 5.41) is 16.3. The van der Waals surface area contributed by atoms with Crippen molar-refractivity contribution in [2.75, 3.05) is 62.4 Å². The Bertz CT molecular complexity index is 1280. The van der Waals surface area contributed by atoms with Crippen LogP contribution in [0.2, 0.25) is 0 Å².